The van der Waals surface area contributed by atoms with Gasteiger partial charge in [-0.3, -0.25) is 4.79 Å². The lowest BCUT2D eigenvalue weighted by atomic mass is 9.98. The molecule has 1 aliphatic rings. The van der Waals surface area contributed by atoms with Crippen LogP contribution in [0, 0.1) is 5.92 Å². The Labute approximate surface area is 125 Å². The van der Waals surface area contributed by atoms with Crippen molar-refractivity contribution in [1.29, 1.82) is 0 Å². The number of nitrogens with two attached hydrogens (primary N) is 1. The molecule has 0 bridgehead atoms. The van der Waals surface area contributed by atoms with Gasteiger partial charge in [0, 0.05) is 6.54 Å². The number of amides is 1. The smallest absolute Gasteiger partial charge is 0.239 e. The van der Waals surface area contributed by atoms with E-state index in [1.165, 1.54) is 0 Å². The van der Waals surface area contributed by atoms with Gasteiger partial charge in [0.2, 0.25) is 5.91 Å². The van der Waals surface area contributed by atoms with Crippen molar-refractivity contribution in [3.8, 4) is 5.75 Å². The molecule has 5 nitrogen and oxygen atoms in total. The van der Waals surface area contributed by atoms with E-state index >= 15 is 0 Å². The molecule has 1 fully saturated rings. The Hall–Kier alpha value is -1.59. The van der Waals surface area contributed by atoms with Gasteiger partial charge in [-0.15, -0.1) is 0 Å². The number of rotatable bonds is 4. The van der Waals surface area contributed by atoms with E-state index in [1.54, 1.807) is 23.1 Å². The molecule has 1 aromatic carbocycles. The average molecular weight is 292 g/mol. The number of ether oxygens (including phenoxy) is 1. The van der Waals surface area contributed by atoms with E-state index in [9.17, 15) is 9.90 Å². The third kappa shape index (κ3) is 3.74. The molecule has 1 aliphatic heterocycles. The number of morpholine rings is 1. The third-order valence-corrected chi connectivity index (χ3v) is 4.16. The van der Waals surface area contributed by atoms with Crippen LogP contribution in [0.25, 0.3) is 0 Å². The van der Waals surface area contributed by atoms with Crippen LogP contribution in [0.5, 0.6) is 5.75 Å². The van der Waals surface area contributed by atoms with Crippen molar-refractivity contribution in [1.82, 2.24) is 4.90 Å². The van der Waals surface area contributed by atoms with Gasteiger partial charge in [-0.1, -0.05) is 32.4 Å². The average Bonchev–Trinajstić information content (AvgIpc) is 2.52. The van der Waals surface area contributed by atoms with Gasteiger partial charge in [-0.2, -0.15) is 0 Å². The molecule has 1 heterocycles. The minimum Gasteiger partial charge on any atom is -0.508 e. The summed E-state index contributed by atoms with van der Waals surface area (Å²) in [5.74, 6) is 0.355. The maximum Gasteiger partial charge on any atom is 0.239 e. The fraction of sp³-hybridized carbons (Fsp3) is 0.562. The molecule has 0 radical (unpaired) electrons. The van der Waals surface area contributed by atoms with Crippen LogP contribution in [0.3, 0.4) is 0 Å². The van der Waals surface area contributed by atoms with E-state index in [-0.39, 0.29) is 23.7 Å². The molecule has 0 saturated carbocycles. The Morgan fingerprint density at radius 3 is 3.00 bits per heavy atom. The van der Waals surface area contributed by atoms with E-state index in [0.29, 0.717) is 19.7 Å². The second-order valence-electron chi connectivity index (χ2n) is 5.65. The fourth-order valence-electron chi connectivity index (χ4n) is 2.48. The molecule has 5 heteroatoms. The van der Waals surface area contributed by atoms with Crippen molar-refractivity contribution in [2.24, 2.45) is 11.7 Å². The minimum atomic E-state index is -0.460. The van der Waals surface area contributed by atoms with Crippen LogP contribution in [0.2, 0.25) is 0 Å². The van der Waals surface area contributed by atoms with E-state index in [1.807, 2.05) is 19.9 Å². The summed E-state index contributed by atoms with van der Waals surface area (Å²) >= 11 is 0. The summed E-state index contributed by atoms with van der Waals surface area (Å²) in [6, 6.07) is 6.51. The first-order valence-corrected chi connectivity index (χ1v) is 7.47. The van der Waals surface area contributed by atoms with Crippen LogP contribution in [0.4, 0.5) is 0 Å². The second kappa shape index (κ2) is 6.91. The zero-order valence-electron chi connectivity index (χ0n) is 12.7. The topological polar surface area (TPSA) is 75.8 Å². The van der Waals surface area contributed by atoms with Crippen LogP contribution in [0.15, 0.2) is 24.3 Å². The number of hydrogen-bond acceptors (Lipinski definition) is 4. The minimum absolute atomic E-state index is 0.0159. The van der Waals surface area contributed by atoms with Gasteiger partial charge in [-0.25, -0.2) is 0 Å². The highest BCUT2D eigenvalue weighted by Crippen LogP contribution is 2.25. The van der Waals surface area contributed by atoms with Gasteiger partial charge >= 0.3 is 0 Å². The predicted molar refractivity (Wildman–Crippen MR) is 80.8 cm³/mol. The molecule has 2 rings (SSSR count). The number of carbonyl (C=O) groups excluding carboxylic acids is 1. The van der Waals surface area contributed by atoms with Crippen LogP contribution in [-0.2, 0) is 9.53 Å². The third-order valence-electron chi connectivity index (χ3n) is 4.16. The lowest BCUT2D eigenvalue weighted by Gasteiger charge is -2.35. The Kier molecular flexibility index (Phi) is 5.20. The quantitative estimate of drug-likeness (QED) is 0.885. The summed E-state index contributed by atoms with van der Waals surface area (Å²) in [4.78, 5) is 14.2. The van der Waals surface area contributed by atoms with Gasteiger partial charge in [0.25, 0.3) is 0 Å². The molecule has 1 saturated heterocycles. The summed E-state index contributed by atoms with van der Waals surface area (Å²) < 4.78 is 5.72. The first-order chi connectivity index (χ1) is 10.0. The summed E-state index contributed by atoms with van der Waals surface area (Å²) in [7, 11) is 0. The summed E-state index contributed by atoms with van der Waals surface area (Å²) in [5.41, 5.74) is 6.92. The largest absolute Gasteiger partial charge is 0.508 e. The van der Waals surface area contributed by atoms with E-state index in [4.69, 9.17) is 10.5 Å². The Bertz CT molecular complexity index is 492. The van der Waals surface area contributed by atoms with Crippen LogP contribution >= 0.6 is 0 Å². The molecule has 0 aromatic heterocycles. The SMILES string of the molecule is CCC(C)C(N)C(=O)N1CCOC(c2cccc(O)c2)C1. The summed E-state index contributed by atoms with van der Waals surface area (Å²) in [6.45, 7) is 5.56. The maximum absolute atomic E-state index is 12.4. The van der Waals surface area contributed by atoms with E-state index in [2.05, 4.69) is 0 Å². The number of nitrogens with zero attached hydrogens (tertiary/aromatic N) is 1. The van der Waals surface area contributed by atoms with Gasteiger partial charge in [0.1, 0.15) is 11.9 Å². The van der Waals surface area contributed by atoms with Gasteiger partial charge in [0.15, 0.2) is 0 Å². The van der Waals surface area contributed by atoms with Crippen LogP contribution in [-0.4, -0.2) is 41.7 Å². The normalized spacial score (nSPS) is 21.9. The molecule has 1 aromatic rings. The Balaban J connectivity index is 2.05. The van der Waals surface area contributed by atoms with E-state index in [0.717, 1.165) is 12.0 Å². The lowest BCUT2D eigenvalue weighted by molar-refractivity contribution is -0.141. The Morgan fingerprint density at radius 1 is 1.57 bits per heavy atom. The number of aromatic hydroxyl groups is 1. The number of carbonyl (C=O) groups is 1. The highest BCUT2D eigenvalue weighted by molar-refractivity contribution is 5.82. The molecule has 0 spiro atoms. The predicted octanol–water partition coefficient (Wildman–Crippen LogP) is 1.67. The monoisotopic (exact) mass is 292 g/mol. The Morgan fingerprint density at radius 2 is 2.33 bits per heavy atom. The fourth-order valence-corrected chi connectivity index (χ4v) is 2.48. The molecular formula is C16H24N2O3. The maximum atomic E-state index is 12.4. The summed E-state index contributed by atoms with van der Waals surface area (Å²) in [5, 5.41) is 9.56. The molecule has 3 N–H and O–H groups in total. The van der Waals surface area contributed by atoms with Crippen molar-refractivity contribution in [2.75, 3.05) is 19.7 Å². The van der Waals surface area contributed by atoms with Crippen LogP contribution in [0.1, 0.15) is 31.9 Å². The second-order valence-corrected chi connectivity index (χ2v) is 5.65. The number of phenols is 1. The first kappa shape index (κ1) is 15.8. The first-order valence-electron chi connectivity index (χ1n) is 7.47. The zero-order valence-corrected chi connectivity index (χ0v) is 12.7. The molecule has 3 unspecified atom stereocenters. The van der Waals surface area contributed by atoms with Gasteiger partial charge in [-0.05, 0) is 23.6 Å². The molecule has 116 valence electrons. The molecule has 3 atom stereocenters. The van der Waals surface area contributed by atoms with Crippen LogP contribution < -0.4 is 5.73 Å². The molecule has 0 aliphatic carbocycles. The standard InChI is InChI=1S/C16H24N2O3/c1-3-11(2)15(17)16(20)18-7-8-21-14(10-18)12-5-4-6-13(19)9-12/h4-6,9,11,14-15,19H,3,7-8,10,17H2,1-2H3. The number of benzene rings is 1. The van der Waals surface area contributed by atoms with Crippen molar-refractivity contribution in [2.45, 2.75) is 32.4 Å². The lowest BCUT2D eigenvalue weighted by Crippen LogP contribution is -2.51. The number of phenolic OH excluding ortho intramolecular Hbond substituents is 1. The van der Waals surface area contributed by atoms with Crippen molar-refractivity contribution >= 4 is 5.91 Å². The van der Waals surface area contributed by atoms with E-state index < -0.39 is 6.04 Å². The van der Waals surface area contributed by atoms with Crippen molar-refractivity contribution in [3.63, 3.8) is 0 Å². The van der Waals surface area contributed by atoms with Crippen molar-refractivity contribution in [3.05, 3.63) is 29.8 Å². The highest BCUT2D eigenvalue weighted by Gasteiger charge is 2.30. The molecule has 21 heavy (non-hydrogen) atoms. The van der Waals surface area contributed by atoms with Gasteiger partial charge in [0.05, 0.1) is 19.2 Å². The van der Waals surface area contributed by atoms with Crippen molar-refractivity contribution < 1.29 is 14.6 Å². The highest BCUT2D eigenvalue weighted by atomic mass is 16.5. The molecular weight excluding hydrogens is 268 g/mol. The number of hydrogen-bond donors (Lipinski definition) is 2. The van der Waals surface area contributed by atoms with Gasteiger partial charge < -0.3 is 20.5 Å². The summed E-state index contributed by atoms with van der Waals surface area (Å²) in [6.07, 6.45) is 0.673. The zero-order chi connectivity index (χ0) is 15.4. The molecule has 1 amide bonds.